The van der Waals surface area contributed by atoms with Gasteiger partial charge in [-0.1, -0.05) is 6.08 Å². The molecule has 9 nitrogen and oxygen atoms in total. The van der Waals surface area contributed by atoms with Crippen molar-refractivity contribution in [1.82, 2.24) is 25.3 Å². The lowest BCUT2D eigenvalue weighted by Gasteiger charge is -2.35. The summed E-state index contributed by atoms with van der Waals surface area (Å²) >= 11 is 0. The fourth-order valence-corrected chi connectivity index (χ4v) is 3.61. The smallest absolute Gasteiger partial charge is 0.230 e. The summed E-state index contributed by atoms with van der Waals surface area (Å²) in [6.45, 7) is 10.1. The van der Waals surface area contributed by atoms with Crippen LogP contribution in [0, 0.1) is 11.2 Å². The molecule has 3 aromatic rings. The maximum absolute atomic E-state index is 13.6. The molecule has 1 amide bonds. The maximum Gasteiger partial charge on any atom is 0.230 e. The molecule has 184 valence electrons. The Balaban J connectivity index is 1.64. The van der Waals surface area contributed by atoms with Crippen molar-refractivity contribution in [3.63, 3.8) is 0 Å². The van der Waals surface area contributed by atoms with E-state index in [-0.39, 0.29) is 31.0 Å². The minimum Gasteiger partial charge on any atom is -0.352 e. The minimum atomic E-state index is -0.835. The Morgan fingerprint density at radius 2 is 1.97 bits per heavy atom. The minimum absolute atomic E-state index is 0.151. The molecule has 1 aromatic carbocycles. The van der Waals surface area contributed by atoms with Crippen LogP contribution in [0.1, 0.15) is 32.9 Å². The van der Waals surface area contributed by atoms with Gasteiger partial charge in [-0.05, 0) is 51.1 Å². The molecule has 0 aliphatic carbocycles. The summed E-state index contributed by atoms with van der Waals surface area (Å²) in [5.74, 6) is 0.383. The van der Waals surface area contributed by atoms with Gasteiger partial charge in [0.2, 0.25) is 18.1 Å². The predicted molar refractivity (Wildman–Crippen MR) is 130 cm³/mol. The van der Waals surface area contributed by atoms with Gasteiger partial charge in [0.25, 0.3) is 0 Å². The number of hydrogen-bond donors (Lipinski definition) is 3. The van der Waals surface area contributed by atoms with Crippen molar-refractivity contribution in [2.75, 3.05) is 25.1 Å². The number of carbonyl (C=O) groups excluding carboxylic acids is 1. The van der Waals surface area contributed by atoms with Gasteiger partial charge in [-0.15, -0.1) is 6.58 Å². The summed E-state index contributed by atoms with van der Waals surface area (Å²) < 4.78 is 25.4. The van der Waals surface area contributed by atoms with Gasteiger partial charge in [-0.2, -0.15) is 0 Å². The summed E-state index contributed by atoms with van der Waals surface area (Å²) in [7, 11) is 0. The molecule has 1 aliphatic rings. The van der Waals surface area contributed by atoms with Crippen LogP contribution in [-0.4, -0.2) is 51.6 Å². The third-order valence-corrected chi connectivity index (χ3v) is 5.45. The van der Waals surface area contributed by atoms with E-state index in [0.717, 1.165) is 0 Å². The van der Waals surface area contributed by atoms with E-state index < -0.39 is 11.7 Å². The third-order valence-electron chi connectivity index (χ3n) is 5.45. The zero-order valence-electron chi connectivity index (χ0n) is 20.0. The van der Waals surface area contributed by atoms with Gasteiger partial charge >= 0.3 is 0 Å². The number of aromatic nitrogens is 4. The number of H-pyrrole nitrogens is 1. The van der Waals surface area contributed by atoms with Crippen LogP contribution in [0.2, 0.25) is 0 Å². The monoisotopic (exact) mass is 480 g/mol. The lowest BCUT2D eigenvalue weighted by molar-refractivity contribution is -0.230. The number of ether oxygens (including phenoxy) is 2. The van der Waals surface area contributed by atoms with Crippen molar-refractivity contribution in [3.8, 4) is 22.6 Å². The average molecular weight is 481 g/mol. The van der Waals surface area contributed by atoms with Crippen LogP contribution in [0.4, 0.5) is 10.3 Å². The number of carbonyl (C=O) groups is 1. The molecule has 0 unspecified atom stereocenters. The SMILES string of the molecule is C=CCNC(=O)C1(C)COC(c2nc(-c3ccc(F)cc3)c(-c3ccnc(NC(C)C)n3)[nH]2)OC1. The number of amides is 1. The number of rotatable bonds is 8. The first-order valence-electron chi connectivity index (χ1n) is 11.4. The first kappa shape index (κ1) is 24.5. The first-order valence-corrected chi connectivity index (χ1v) is 11.4. The van der Waals surface area contributed by atoms with Crippen molar-refractivity contribution in [2.45, 2.75) is 33.1 Å². The summed E-state index contributed by atoms with van der Waals surface area (Å²) in [6.07, 6.45) is 2.46. The molecule has 10 heteroatoms. The van der Waals surface area contributed by atoms with Crippen LogP contribution in [-0.2, 0) is 14.3 Å². The van der Waals surface area contributed by atoms with Crippen molar-refractivity contribution >= 4 is 11.9 Å². The van der Waals surface area contributed by atoms with E-state index in [9.17, 15) is 9.18 Å². The quantitative estimate of drug-likeness (QED) is 0.420. The fraction of sp³-hybridized carbons (Fsp3) is 0.360. The topological polar surface area (TPSA) is 114 Å². The highest BCUT2D eigenvalue weighted by Crippen LogP contribution is 2.35. The van der Waals surface area contributed by atoms with Crippen LogP contribution in [0.15, 0.2) is 49.2 Å². The zero-order valence-corrected chi connectivity index (χ0v) is 20.0. The number of imidazole rings is 1. The van der Waals surface area contributed by atoms with E-state index in [0.29, 0.717) is 41.0 Å². The van der Waals surface area contributed by atoms with E-state index in [1.54, 1.807) is 37.4 Å². The molecule has 1 fully saturated rings. The van der Waals surface area contributed by atoms with Crippen molar-refractivity contribution in [2.24, 2.45) is 5.41 Å². The summed E-state index contributed by atoms with van der Waals surface area (Å²) in [4.78, 5) is 29.4. The Morgan fingerprint density at radius 3 is 2.63 bits per heavy atom. The third kappa shape index (κ3) is 5.55. The highest BCUT2D eigenvalue weighted by molar-refractivity contribution is 5.82. The van der Waals surface area contributed by atoms with Crippen LogP contribution in [0.5, 0.6) is 0 Å². The van der Waals surface area contributed by atoms with Gasteiger partial charge in [0.15, 0.2) is 5.82 Å². The van der Waals surface area contributed by atoms with E-state index in [4.69, 9.17) is 14.5 Å². The molecule has 35 heavy (non-hydrogen) atoms. The summed E-state index contributed by atoms with van der Waals surface area (Å²) in [5, 5.41) is 5.97. The van der Waals surface area contributed by atoms with Crippen LogP contribution >= 0.6 is 0 Å². The number of nitrogens with zero attached hydrogens (tertiary/aromatic N) is 3. The van der Waals surface area contributed by atoms with Gasteiger partial charge in [0, 0.05) is 24.3 Å². The second-order valence-corrected chi connectivity index (χ2v) is 8.93. The Labute approximate surface area is 203 Å². The molecule has 0 bridgehead atoms. The van der Waals surface area contributed by atoms with Gasteiger partial charge in [-0.25, -0.2) is 19.3 Å². The number of nitrogens with one attached hydrogen (secondary N) is 3. The maximum atomic E-state index is 13.6. The molecule has 3 N–H and O–H groups in total. The zero-order chi connectivity index (χ0) is 25.0. The molecule has 0 spiro atoms. The number of halogens is 1. The molecule has 0 radical (unpaired) electrons. The van der Waals surface area contributed by atoms with Crippen molar-refractivity contribution < 1.29 is 18.7 Å². The van der Waals surface area contributed by atoms with E-state index in [2.05, 4.69) is 32.2 Å². The molecule has 1 aliphatic heterocycles. The second-order valence-electron chi connectivity index (χ2n) is 8.93. The van der Waals surface area contributed by atoms with E-state index >= 15 is 0 Å². The Morgan fingerprint density at radius 1 is 1.26 bits per heavy atom. The van der Waals surface area contributed by atoms with Crippen LogP contribution < -0.4 is 10.6 Å². The van der Waals surface area contributed by atoms with Crippen LogP contribution in [0.25, 0.3) is 22.6 Å². The standard InChI is InChI=1S/C25H29FN6O3/c1-5-11-27-23(33)25(4)13-34-22(35-14-25)21-31-19(16-6-8-17(26)9-7-16)20(32-21)18-10-12-28-24(30-18)29-15(2)3/h5-10,12,15,22H,1,11,13-14H2,2-4H3,(H,27,33)(H,31,32)(H,28,29,30). The fourth-order valence-electron chi connectivity index (χ4n) is 3.61. The lowest BCUT2D eigenvalue weighted by Crippen LogP contribution is -2.48. The second kappa shape index (κ2) is 10.3. The van der Waals surface area contributed by atoms with Gasteiger partial charge in [0.1, 0.15) is 5.82 Å². The molecule has 0 atom stereocenters. The predicted octanol–water partition coefficient (Wildman–Crippen LogP) is 3.85. The number of anilines is 1. The molecule has 3 heterocycles. The molecular weight excluding hydrogens is 451 g/mol. The first-order chi connectivity index (χ1) is 16.8. The lowest BCUT2D eigenvalue weighted by atomic mass is 9.91. The molecule has 0 saturated carbocycles. The highest BCUT2D eigenvalue weighted by atomic mass is 19.1. The molecule has 4 rings (SSSR count). The molecule has 1 saturated heterocycles. The van der Waals surface area contributed by atoms with Gasteiger partial charge in [0.05, 0.1) is 35.7 Å². The Kier molecular flexibility index (Phi) is 7.23. The number of aromatic amines is 1. The largest absolute Gasteiger partial charge is 0.352 e. The van der Waals surface area contributed by atoms with Gasteiger partial charge < -0.3 is 25.1 Å². The molecule has 2 aromatic heterocycles. The average Bonchev–Trinajstić information content (AvgIpc) is 3.28. The Hall–Kier alpha value is -3.63. The highest BCUT2D eigenvalue weighted by Gasteiger charge is 2.40. The van der Waals surface area contributed by atoms with Crippen molar-refractivity contribution in [1.29, 1.82) is 0 Å². The number of hydrogen-bond acceptors (Lipinski definition) is 7. The van der Waals surface area contributed by atoms with Gasteiger partial charge in [-0.3, -0.25) is 4.79 Å². The van der Waals surface area contributed by atoms with E-state index in [1.165, 1.54) is 12.1 Å². The Bertz CT molecular complexity index is 1190. The normalized spacial score (nSPS) is 20.0. The van der Waals surface area contributed by atoms with Crippen molar-refractivity contribution in [3.05, 3.63) is 60.8 Å². The summed E-state index contributed by atoms with van der Waals surface area (Å²) in [5.41, 5.74) is 1.65. The van der Waals surface area contributed by atoms with Crippen LogP contribution in [0.3, 0.4) is 0 Å². The molecular formula is C25H29FN6O3. The summed E-state index contributed by atoms with van der Waals surface area (Å²) in [6, 6.07) is 7.97. The number of benzene rings is 1. The van der Waals surface area contributed by atoms with E-state index in [1.807, 2.05) is 13.8 Å².